The van der Waals surface area contributed by atoms with Crippen molar-refractivity contribution in [1.82, 2.24) is 0 Å². The van der Waals surface area contributed by atoms with Crippen LogP contribution in [-0.4, -0.2) is 25.9 Å². The van der Waals surface area contributed by atoms with Crippen molar-refractivity contribution in [1.29, 1.82) is 0 Å². The average Bonchev–Trinajstić information content (AvgIpc) is 2.77. The fourth-order valence-corrected chi connectivity index (χ4v) is 4.09. The lowest BCUT2D eigenvalue weighted by Gasteiger charge is -2.37. The van der Waals surface area contributed by atoms with E-state index >= 15 is 0 Å². The summed E-state index contributed by atoms with van der Waals surface area (Å²) in [5.41, 5.74) is -2.23. The zero-order valence-corrected chi connectivity index (χ0v) is 18.6. The van der Waals surface area contributed by atoms with Crippen molar-refractivity contribution < 1.29 is 45.3 Å². The molecule has 2 atom stereocenters. The predicted octanol–water partition coefficient (Wildman–Crippen LogP) is 6.16. The molecule has 0 amide bonds. The van der Waals surface area contributed by atoms with Crippen LogP contribution in [0.15, 0.2) is 24.3 Å². The first-order chi connectivity index (χ1) is 16.0. The summed E-state index contributed by atoms with van der Waals surface area (Å²) in [6.45, 7) is 4.28. The monoisotopic (exact) mass is 490 g/mol. The van der Waals surface area contributed by atoms with Crippen molar-refractivity contribution in [2.24, 2.45) is 11.8 Å². The molecule has 34 heavy (non-hydrogen) atoms. The van der Waals surface area contributed by atoms with E-state index in [-0.39, 0.29) is 30.8 Å². The van der Waals surface area contributed by atoms with E-state index < -0.39 is 52.5 Å². The Hall–Kier alpha value is -2.30. The first-order valence-corrected chi connectivity index (χ1v) is 10.9. The van der Waals surface area contributed by atoms with Gasteiger partial charge in [-0.15, -0.1) is 0 Å². The van der Waals surface area contributed by atoms with E-state index in [4.69, 9.17) is 14.2 Å². The van der Waals surface area contributed by atoms with Crippen LogP contribution in [0.2, 0.25) is 0 Å². The van der Waals surface area contributed by atoms with Crippen molar-refractivity contribution in [3.63, 3.8) is 0 Å². The zero-order chi connectivity index (χ0) is 24.6. The number of hydrogen-bond donors (Lipinski definition) is 0. The minimum Gasteiger partial charge on any atom is -0.429 e. The number of ether oxygens (including phenoxy) is 4. The molecule has 2 saturated heterocycles. The molecule has 0 N–H and O–H groups in total. The molecule has 0 aliphatic carbocycles. The molecular weight excluding hydrogens is 466 g/mol. The lowest BCUT2D eigenvalue weighted by molar-refractivity contribution is -0.227. The van der Waals surface area contributed by atoms with Crippen LogP contribution in [0.25, 0.3) is 0 Å². The predicted molar refractivity (Wildman–Crippen MR) is 108 cm³/mol. The molecule has 4 nitrogen and oxygen atoms in total. The summed E-state index contributed by atoms with van der Waals surface area (Å²) in [6, 6.07) is 2.34. The molecular formula is C24H24F6O4. The van der Waals surface area contributed by atoms with E-state index in [1.165, 1.54) is 0 Å². The molecule has 2 unspecified atom stereocenters. The van der Waals surface area contributed by atoms with E-state index in [0.29, 0.717) is 36.8 Å². The number of hydrogen-bond acceptors (Lipinski definition) is 4. The van der Waals surface area contributed by atoms with E-state index in [2.05, 4.69) is 11.7 Å². The second-order valence-electron chi connectivity index (χ2n) is 8.80. The molecule has 2 aromatic rings. The van der Waals surface area contributed by atoms with Gasteiger partial charge in [0.2, 0.25) is 0 Å². The molecule has 4 rings (SSSR count). The van der Waals surface area contributed by atoms with Crippen LogP contribution >= 0.6 is 0 Å². The molecule has 2 fully saturated rings. The van der Waals surface area contributed by atoms with Crippen LogP contribution in [0, 0.1) is 42.0 Å². The molecule has 2 aliphatic heterocycles. The first kappa shape index (κ1) is 24.8. The van der Waals surface area contributed by atoms with Crippen molar-refractivity contribution in [3.05, 3.63) is 64.2 Å². The minimum absolute atomic E-state index is 0.0414. The van der Waals surface area contributed by atoms with E-state index in [1.54, 1.807) is 0 Å². The van der Waals surface area contributed by atoms with Crippen LogP contribution < -0.4 is 4.74 Å². The number of benzene rings is 2. The van der Waals surface area contributed by atoms with Gasteiger partial charge in [0.1, 0.15) is 34.6 Å². The Morgan fingerprint density at radius 2 is 1.41 bits per heavy atom. The molecule has 2 heterocycles. The van der Waals surface area contributed by atoms with Crippen molar-refractivity contribution in [3.8, 4) is 5.75 Å². The molecule has 186 valence electrons. The van der Waals surface area contributed by atoms with Crippen LogP contribution in [0.5, 0.6) is 5.75 Å². The minimum atomic E-state index is -4.55. The Balaban J connectivity index is 1.47. The quantitative estimate of drug-likeness (QED) is 0.471. The fourth-order valence-electron chi connectivity index (χ4n) is 4.09. The van der Waals surface area contributed by atoms with Gasteiger partial charge < -0.3 is 18.9 Å². The summed E-state index contributed by atoms with van der Waals surface area (Å²) in [4.78, 5) is 0. The summed E-state index contributed by atoms with van der Waals surface area (Å²) < 4.78 is 107. The molecule has 10 heteroatoms. The van der Waals surface area contributed by atoms with Crippen molar-refractivity contribution in [2.45, 2.75) is 45.2 Å². The van der Waals surface area contributed by atoms with Gasteiger partial charge in [-0.25, -0.2) is 17.6 Å². The number of rotatable bonds is 5. The molecule has 0 radical (unpaired) electrons. The van der Waals surface area contributed by atoms with Crippen LogP contribution in [-0.2, 0) is 20.3 Å². The van der Waals surface area contributed by atoms with E-state index in [9.17, 15) is 26.3 Å². The van der Waals surface area contributed by atoms with Gasteiger partial charge >= 0.3 is 6.11 Å². The highest BCUT2D eigenvalue weighted by molar-refractivity contribution is 5.33. The SMILES string of the molecule is Cc1c(F)cc(OC(F)(F)c2c(F)cc(C3OCC(C4CCC(C)CO4)CO3)cc2F)cc1F. The molecule has 2 aromatic carbocycles. The van der Waals surface area contributed by atoms with Gasteiger partial charge in [0, 0.05) is 35.8 Å². The second-order valence-corrected chi connectivity index (χ2v) is 8.80. The lowest BCUT2D eigenvalue weighted by atomic mass is 9.92. The van der Waals surface area contributed by atoms with Crippen molar-refractivity contribution in [2.75, 3.05) is 19.8 Å². The largest absolute Gasteiger partial charge is 0.432 e. The molecule has 2 aliphatic rings. The maximum absolute atomic E-state index is 14.6. The van der Waals surface area contributed by atoms with Crippen LogP contribution in [0.3, 0.4) is 0 Å². The van der Waals surface area contributed by atoms with E-state index in [0.717, 1.165) is 19.8 Å². The lowest BCUT2D eigenvalue weighted by Crippen LogP contribution is -2.39. The van der Waals surface area contributed by atoms with Crippen LogP contribution in [0.1, 0.15) is 42.7 Å². The highest BCUT2D eigenvalue weighted by Crippen LogP contribution is 2.38. The highest BCUT2D eigenvalue weighted by atomic mass is 19.3. The molecule has 0 spiro atoms. The van der Waals surface area contributed by atoms with Gasteiger partial charge in [0.05, 0.1) is 19.3 Å². The third kappa shape index (κ3) is 5.18. The van der Waals surface area contributed by atoms with Gasteiger partial charge in [-0.05, 0) is 37.8 Å². The fraction of sp³-hybridized carbons (Fsp3) is 0.500. The molecule has 0 bridgehead atoms. The smallest absolute Gasteiger partial charge is 0.429 e. The summed E-state index contributed by atoms with van der Waals surface area (Å²) >= 11 is 0. The standard InChI is InChI=1S/C24H24F6O4/c1-12-3-4-21(31-9-12)15-10-32-23(33-11-15)14-5-19(27)22(20(28)6-14)24(29,30)34-16-7-17(25)13(2)18(26)8-16/h5-8,12,15,21,23H,3-4,9-11H2,1-2H3. The topological polar surface area (TPSA) is 36.9 Å². The Morgan fingerprint density at radius 3 is 1.94 bits per heavy atom. The third-order valence-corrected chi connectivity index (χ3v) is 6.12. The molecule has 0 saturated carbocycles. The van der Waals surface area contributed by atoms with Gasteiger partial charge in [0.15, 0.2) is 6.29 Å². The number of halogens is 6. The van der Waals surface area contributed by atoms with Gasteiger partial charge in [-0.1, -0.05) is 6.92 Å². The Labute approximate surface area is 192 Å². The van der Waals surface area contributed by atoms with Crippen molar-refractivity contribution >= 4 is 0 Å². The summed E-state index contributed by atoms with van der Waals surface area (Å²) in [5.74, 6) is -6.01. The third-order valence-electron chi connectivity index (χ3n) is 6.12. The van der Waals surface area contributed by atoms with Gasteiger partial charge in [0.25, 0.3) is 0 Å². The number of alkyl halides is 2. The normalized spacial score (nSPS) is 25.9. The highest BCUT2D eigenvalue weighted by Gasteiger charge is 2.42. The van der Waals surface area contributed by atoms with E-state index in [1.807, 2.05) is 0 Å². The summed E-state index contributed by atoms with van der Waals surface area (Å²) in [6.07, 6.45) is -3.87. The Bertz CT molecular complexity index is 984. The second kappa shape index (κ2) is 9.75. The maximum atomic E-state index is 14.6. The zero-order valence-electron chi connectivity index (χ0n) is 18.6. The van der Waals surface area contributed by atoms with Crippen LogP contribution in [0.4, 0.5) is 26.3 Å². The first-order valence-electron chi connectivity index (χ1n) is 10.9. The average molecular weight is 490 g/mol. The molecule has 0 aromatic heterocycles. The van der Waals surface area contributed by atoms with Gasteiger partial charge in [-0.2, -0.15) is 8.78 Å². The Morgan fingerprint density at radius 1 is 0.824 bits per heavy atom. The Kier molecular flexibility index (Phi) is 7.12. The summed E-state index contributed by atoms with van der Waals surface area (Å²) in [5, 5.41) is 0. The van der Waals surface area contributed by atoms with Gasteiger partial charge in [-0.3, -0.25) is 0 Å². The summed E-state index contributed by atoms with van der Waals surface area (Å²) in [7, 11) is 0. The maximum Gasteiger partial charge on any atom is 0.432 e.